The van der Waals surface area contributed by atoms with Crippen molar-refractivity contribution in [2.24, 2.45) is 0 Å². The fraction of sp³-hybridized carbons (Fsp3) is 0.250. The van der Waals surface area contributed by atoms with Crippen molar-refractivity contribution in [2.45, 2.75) is 19.5 Å². The summed E-state index contributed by atoms with van der Waals surface area (Å²) in [5, 5.41) is 10.1. The first-order chi connectivity index (χ1) is 7.75. The third kappa shape index (κ3) is 2.67. The number of aromatic amines is 1. The van der Waals surface area contributed by atoms with E-state index < -0.39 is 0 Å². The Balaban J connectivity index is 1.93. The lowest BCUT2D eigenvalue weighted by Crippen LogP contribution is -2.18. The SMILES string of the molecule is CC(NCc1ccn[nH]1)c1ccc(F)cc1. The van der Waals surface area contributed by atoms with Gasteiger partial charge in [0, 0.05) is 24.5 Å². The van der Waals surface area contributed by atoms with Crippen molar-refractivity contribution in [2.75, 3.05) is 0 Å². The van der Waals surface area contributed by atoms with Crippen LogP contribution >= 0.6 is 0 Å². The molecule has 0 radical (unpaired) electrons. The normalized spacial score (nSPS) is 12.6. The van der Waals surface area contributed by atoms with Gasteiger partial charge in [0.25, 0.3) is 0 Å². The van der Waals surface area contributed by atoms with Gasteiger partial charge < -0.3 is 5.32 Å². The Morgan fingerprint density at radius 1 is 1.31 bits per heavy atom. The average molecular weight is 219 g/mol. The van der Waals surface area contributed by atoms with E-state index in [4.69, 9.17) is 0 Å². The van der Waals surface area contributed by atoms with Crippen LogP contribution in [0, 0.1) is 5.82 Å². The highest BCUT2D eigenvalue weighted by atomic mass is 19.1. The summed E-state index contributed by atoms with van der Waals surface area (Å²) in [4.78, 5) is 0. The standard InChI is InChI=1S/C12H14FN3/c1-9(10-2-4-11(13)5-3-10)14-8-12-6-7-15-16-12/h2-7,9,14H,8H2,1H3,(H,15,16). The first kappa shape index (κ1) is 10.8. The first-order valence-electron chi connectivity index (χ1n) is 5.23. The third-order valence-corrected chi connectivity index (χ3v) is 2.53. The topological polar surface area (TPSA) is 40.7 Å². The number of H-pyrrole nitrogens is 1. The monoisotopic (exact) mass is 219 g/mol. The molecular formula is C12H14FN3. The molecule has 1 heterocycles. The second-order valence-corrected chi connectivity index (χ2v) is 3.74. The Labute approximate surface area is 93.7 Å². The smallest absolute Gasteiger partial charge is 0.123 e. The zero-order valence-corrected chi connectivity index (χ0v) is 9.07. The molecule has 1 atom stereocenters. The van der Waals surface area contributed by atoms with Crippen molar-refractivity contribution in [1.29, 1.82) is 0 Å². The Kier molecular flexibility index (Phi) is 3.31. The summed E-state index contributed by atoms with van der Waals surface area (Å²) in [6, 6.07) is 8.64. The van der Waals surface area contributed by atoms with Gasteiger partial charge in [-0.2, -0.15) is 5.10 Å². The van der Waals surface area contributed by atoms with Gasteiger partial charge in [0.2, 0.25) is 0 Å². The van der Waals surface area contributed by atoms with Crippen LogP contribution in [0.25, 0.3) is 0 Å². The predicted molar refractivity (Wildman–Crippen MR) is 60.2 cm³/mol. The van der Waals surface area contributed by atoms with Crippen LogP contribution in [-0.2, 0) is 6.54 Å². The molecule has 84 valence electrons. The zero-order valence-electron chi connectivity index (χ0n) is 9.07. The molecule has 2 N–H and O–H groups in total. The third-order valence-electron chi connectivity index (χ3n) is 2.53. The maximum Gasteiger partial charge on any atom is 0.123 e. The van der Waals surface area contributed by atoms with E-state index in [1.807, 2.05) is 13.0 Å². The summed E-state index contributed by atoms with van der Waals surface area (Å²) in [6.07, 6.45) is 1.72. The molecule has 0 amide bonds. The second kappa shape index (κ2) is 4.90. The number of halogens is 1. The maximum atomic E-state index is 12.7. The van der Waals surface area contributed by atoms with Crippen LogP contribution in [-0.4, -0.2) is 10.2 Å². The minimum absolute atomic E-state index is 0.184. The molecule has 16 heavy (non-hydrogen) atoms. The lowest BCUT2D eigenvalue weighted by atomic mass is 10.1. The first-order valence-corrected chi connectivity index (χ1v) is 5.23. The number of nitrogens with zero attached hydrogens (tertiary/aromatic N) is 1. The number of hydrogen-bond acceptors (Lipinski definition) is 2. The van der Waals surface area contributed by atoms with E-state index in [0.717, 1.165) is 17.8 Å². The molecule has 3 nitrogen and oxygen atoms in total. The van der Waals surface area contributed by atoms with Crippen molar-refractivity contribution in [3.63, 3.8) is 0 Å². The molecule has 0 aliphatic carbocycles. The largest absolute Gasteiger partial charge is 0.305 e. The number of nitrogens with one attached hydrogen (secondary N) is 2. The molecule has 0 aliphatic heterocycles. The molecule has 2 aromatic rings. The molecule has 2 rings (SSSR count). The molecule has 1 aromatic carbocycles. The molecule has 0 fully saturated rings. The molecule has 0 saturated carbocycles. The zero-order chi connectivity index (χ0) is 11.4. The lowest BCUT2D eigenvalue weighted by Gasteiger charge is -2.13. The van der Waals surface area contributed by atoms with Gasteiger partial charge in [0.05, 0.1) is 0 Å². The van der Waals surface area contributed by atoms with Crippen LogP contribution in [0.1, 0.15) is 24.2 Å². The summed E-state index contributed by atoms with van der Waals surface area (Å²) in [6.45, 7) is 2.77. The Bertz CT molecular complexity index is 422. The van der Waals surface area contributed by atoms with Crippen LogP contribution in [0.2, 0.25) is 0 Å². The maximum absolute atomic E-state index is 12.7. The van der Waals surface area contributed by atoms with Gasteiger partial charge in [-0.15, -0.1) is 0 Å². The highest BCUT2D eigenvalue weighted by Crippen LogP contribution is 2.13. The molecule has 0 bridgehead atoms. The van der Waals surface area contributed by atoms with Crippen molar-refractivity contribution < 1.29 is 4.39 Å². The van der Waals surface area contributed by atoms with Crippen LogP contribution in [0.3, 0.4) is 0 Å². The van der Waals surface area contributed by atoms with E-state index in [1.165, 1.54) is 12.1 Å². The van der Waals surface area contributed by atoms with Crippen molar-refractivity contribution in [1.82, 2.24) is 15.5 Å². The van der Waals surface area contributed by atoms with Crippen molar-refractivity contribution in [3.8, 4) is 0 Å². The summed E-state index contributed by atoms with van der Waals surface area (Å²) in [5.74, 6) is -0.204. The Morgan fingerprint density at radius 3 is 2.69 bits per heavy atom. The summed E-state index contributed by atoms with van der Waals surface area (Å²) >= 11 is 0. The molecule has 0 spiro atoms. The molecule has 1 aromatic heterocycles. The number of aromatic nitrogens is 2. The molecule has 0 aliphatic rings. The van der Waals surface area contributed by atoms with Gasteiger partial charge in [-0.05, 0) is 30.7 Å². The van der Waals surface area contributed by atoms with Gasteiger partial charge in [-0.25, -0.2) is 4.39 Å². The minimum atomic E-state index is -0.204. The van der Waals surface area contributed by atoms with Crippen LogP contribution in [0.5, 0.6) is 0 Å². The van der Waals surface area contributed by atoms with Crippen LogP contribution in [0.15, 0.2) is 36.5 Å². The van der Waals surface area contributed by atoms with E-state index in [-0.39, 0.29) is 11.9 Å². The van der Waals surface area contributed by atoms with Crippen LogP contribution in [0.4, 0.5) is 4.39 Å². The average Bonchev–Trinajstić information content (AvgIpc) is 2.80. The van der Waals surface area contributed by atoms with Gasteiger partial charge in [-0.1, -0.05) is 12.1 Å². The highest BCUT2D eigenvalue weighted by molar-refractivity contribution is 5.19. The molecule has 1 unspecified atom stereocenters. The summed E-state index contributed by atoms with van der Waals surface area (Å²) in [7, 11) is 0. The number of rotatable bonds is 4. The van der Waals surface area contributed by atoms with Gasteiger partial charge in [0.15, 0.2) is 0 Å². The van der Waals surface area contributed by atoms with E-state index in [9.17, 15) is 4.39 Å². The van der Waals surface area contributed by atoms with E-state index in [2.05, 4.69) is 15.5 Å². The minimum Gasteiger partial charge on any atom is -0.305 e. The molecular weight excluding hydrogens is 205 g/mol. The van der Waals surface area contributed by atoms with Gasteiger partial charge in [0.1, 0.15) is 5.82 Å². The van der Waals surface area contributed by atoms with Crippen LogP contribution < -0.4 is 5.32 Å². The molecule has 4 heteroatoms. The Morgan fingerprint density at radius 2 is 2.06 bits per heavy atom. The number of benzene rings is 1. The van der Waals surface area contributed by atoms with Gasteiger partial charge in [-0.3, -0.25) is 5.10 Å². The Hall–Kier alpha value is -1.68. The number of hydrogen-bond donors (Lipinski definition) is 2. The molecule has 0 saturated heterocycles. The fourth-order valence-electron chi connectivity index (χ4n) is 1.52. The van der Waals surface area contributed by atoms with E-state index >= 15 is 0 Å². The van der Waals surface area contributed by atoms with Crippen molar-refractivity contribution in [3.05, 3.63) is 53.6 Å². The quantitative estimate of drug-likeness (QED) is 0.829. The fourth-order valence-corrected chi connectivity index (χ4v) is 1.52. The van der Waals surface area contributed by atoms with Crippen molar-refractivity contribution >= 4 is 0 Å². The van der Waals surface area contributed by atoms with E-state index in [1.54, 1.807) is 18.3 Å². The summed E-state index contributed by atoms with van der Waals surface area (Å²) in [5.41, 5.74) is 2.11. The highest BCUT2D eigenvalue weighted by Gasteiger charge is 2.04. The lowest BCUT2D eigenvalue weighted by molar-refractivity contribution is 0.564. The summed E-state index contributed by atoms with van der Waals surface area (Å²) < 4.78 is 12.7. The predicted octanol–water partition coefficient (Wildman–Crippen LogP) is 2.40. The second-order valence-electron chi connectivity index (χ2n) is 3.74. The van der Waals surface area contributed by atoms with Gasteiger partial charge >= 0.3 is 0 Å². The van der Waals surface area contributed by atoms with E-state index in [0.29, 0.717) is 0 Å².